The quantitative estimate of drug-likeness (QED) is 0.748. The van der Waals surface area contributed by atoms with Gasteiger partial charge in [0.05, 0.1) is 12.2 Å². The zero-order valence-electron chi connectivity index (χ0n) is 15.4. The standard InChI is InChI=1S/C20H35NO/c1-15(12-21-13-16(2)22-17(3)14-21)11-18-7-9-19(10-8-18)20(4,5)6/h7,9-10,15-18H,8,11-14H2,1-6H3/t15?,16-,17+,18?. The SMILES string of the molecule is CC(CC1C=CC(C(C)(C)C)=CC1)CN1C[C@@H](C)O[C@@H](C)C1. The average molecular weight is 306 g/mol. The molecule has 4 atom stereocenters. The van der Waals surface area contributed by atoms with Gasteiger partial charge in [-0.15, -0.1) is 0 Å². The molecule has 0 aromatic carbocycles. The van der Waals surface area contributed by atoms with E-state index in [9.17, 15) is 0 Å². The van der Waals surface area contributed by atoms with Crippen LogP contribution in [0.2, 0.25) is 0 Å². The van der Waals surface area contributed by atoms with Gasteiger partial charge < -0.3 is 4.74 Å². The molecule has 2 aliphatic rings. The van der Waals surface area contributed by atoms with E-state index in [2.05, 4.69) is 64.7 Å². The van der Waals surface area contributed by atoms with Crippen molar-refractivity contribution < 1.29 is 4.74 Å². The molecule has 1 saturated heterocycles. The molecule has 1 heterocycles. The van der Waals surface area contributed by atoms with Crippen molar-refractivity contribution >= 4 is 0 Å². The second-order valence-corrected chi connectivity index (χ2v) is 8.58. The van der Waals surface area contributed by atoms with Crippen molar-refractivity contribution in [2.24, 2.45) is 17.3 Å². The smallest absolute Gasteiger partial charge is 0.0678 e. The summed E-state index contributed by atoms with van der Waals surface area (Å²) in [5, 5.41) is 0. The molecular weight excluding hydrogens is 270 g/mol. The van der Waals surface area contributed by atoms with E-state index in [0.29, 0.717) is 12.2 Å². The molecule has 1 aliphatic carbocycles. The van der Waals surface area contributed by atoms with Crippen LogP contribution in [-0.4, -0.2) is 36.7 Å². The second-order valence-electron chi connectivity index (χ2n) is 8.58. The Morgan fingerprint density at radius 2 is 1.86 bits per heavy atom. The number of hydrogen-bond acceptors (Lipinski definition) is 2. The number of allylic oxidation sites excluding steroid dienone is 4. The number of nitrogens with zero attached hydrogens (tertiary/aromatic N) is 1. The molecule has 0 saturated carbocycles. The van der Waals surface area contributed by atoms with Gasteiger partial charge in [0.25, 0.3) is 0 Å². The summed E-state index contributed by atoms with van der Waals surface area (Å²) in [6, 6.07) is 0. The fraction of sp³-hybridized carbons (Fsp3) is 0.800. The largest absolute Gasteiger partial charge is 0.373 e. The Balaban J connectivity index is 1.78. The molecule has 0 amide bonds. The van der Waals surface area contributed by atoms with Crippen LogP contribution < -0.4 is 0 Å². The molecular formula is C20H35NO. The van der Waals surface area contributed by atoms with E-state index in [1.165, 1.54) is 25.0 Å². The predicted molar refractivity (Wildman–Crippen MR) is 95.0 cm³/mol. The van der Waals surface area contributed by atoms with Crippen molar-refractivity contribution in [2.45, 2.75) is 66.6 Å². The summed E-state index contributed by atoms with van der Waals surface area (Å²) in [7, 11) is 0. The van der Waals surface area contributed by atoms with Gasteiger partial charge in [0.2, 0.25) is 0 Å². The van der Waals surface area contributed by atoms with Gasteiger partial charge in [-0.2, -0.15) is 0 Å². The van der Waals surface area contributed by atoms with Gasteiger partial charge in [0.15, 0.2) is 0 Å². The molecule has 0 aromatic rings. The van der Waals surface area contributed by atoms with Gasteiger partial charge in [-0.05, 0) is 49.5 Å². The van der Waals surface area contributed by atoms with E-state index in [1.807, 2.05) is 0 Å². The Morgan fingerprint density at radius 3 is 2.36 bits per heavy atom. The molecule has 0 N–H and O–H groups in total. The summed E-state index contributed by atoms with van der Waals surface area (Å²) < 4.78 is 5.83. The summed E-state index contributed by atoms with van der Waals surface area (Å²) in [5.74, 6) is 1.47. The van der Waals surface area contributed by atoms with Crippen LogP contribution in [0.4, 0.5) is 0 Å². The van der Waals surface area contributed by atoms with Gasteiger partial charge >= 0.3 is 0 Å². The summed E-state index contributed by atoms with van der Waals surface area (Å²) in [6.45, 7) is 17.1. The molecule has 1 aliphatic heterocycles. The Kier molecular flexibility index (Phi) is 5.90. The monoisotopic (exact) mass is 305 g/mol. The minimum Gasteiger partial charge on any atom is -0.373 e. The fourth-order valence-electron chi connectivity index (χ4n) is 3.86. The van der Waals surface area contributed by atoms with Crippen molar-refractivity contribution in [3.63, 3.8) is 0 Å². The maximum Gasteiger partial charge on any atom is 0.0678 e. The van der Waals surface area contributed by atoms with E-state index in [1.54, 1.807) is 0 Å². The summed E-state index contributed by atoms with van der Waals surface area (Å²) in [5.41, 5.74) is 1.78. The topological polar surface area (TPSA) is 12.5 Å². The maximum absolute atomic E-state index is 5.83. The van der Waals surface area contributed by atoms with Gasteiger partial charge in [-0.1, -0.05) is 45.9 Å². The maximum atomic E-state index is 5.83. The molecule has 2 unspecified atom stereocenters. The van der Waals surface area contributed by atoms with Crippen LogP contribution in [0.5, 0.6) is 0 Å². The first-order valence-electron chi connectivity index (χ1n) is 9.00. The summed E-state index contributed by atoms with van der Waals surface area (Å²) in [6.07, 6.45) is 10.5. The van der Waals surface area contributed by atoms with E-state index >= 15 is 0 Å². The number of hydrogen-bond donors (Lipinski definition) is 0. The average Bonchev–Trinajstić information content (AvgIpc) is 2.36. The van der Waals surface area contributed by atoms with E-state index < -0.39 is 0 Å². The normalized spacial score (nSPS) is 31.9. The van der Waals surface area contributed by atoms with Crippen molar-refractivity contribution in [2.75, 3.05) is 19.6 Å². The number of rotatable bonds is 4. The van der Waals surface area contributed by atoms with Crippen molar-refractivity contribution in [3.8, 4) is 0 Å². The number of ether oxygens (including phenoxy) is 1. The van der Waals surface area contributed by atoms with Gasteiger partial charge in [-0.3, -0.25) is 4.90 Å². The van der Waals surface area contributed by atoms with Crippen LogP contribution in [0, 0.1) is 17.3 Å². The minimum atomic E-state index is 0.285. The molecule has 2 rings (SSSR count). The van der Waals surface area contributed by atoms with E-state index in [-0.39, 0.29) is 5.41 Å². The third-order valence-corrected chi connectivity index (χ3v) is 4.82. The lowest BCUT2D eigenvalue weighted by molar-refractivity contribution is -0.0713. The van der Waals surface area contributed by atoms with Crippen LogP contribution >= 0.6 is 0 Å². The first-order chi connectivity index (χ1) is 10.2. The Morgan fingerprint density at radius 1 is 1.23 bits per heavy atom. The molecule has 0 radical (unpaired) electrons. The molecule has 0 spiro atoms. The van der Waals surface area contributed by atoms with E-state index in [0.717, 1.165) is 24.9 Å². The van der Waals surface area contributed by atoms with Crippen LogP contribution in [0.1, 0.15) is 54.4 Å². The van der Waals surface area contributed by atoms with E-state index in [4.69, 9.17) is 4.74 Å². The predicted octanol–water partition coefficient (Wildman–Crippen LogP) is 4.67. The highest BCUT2D eigenvalue weighted by Crippen LogP contribution is 2.32. The molecule has 126 valence electrons. The van der Waals surface area contributed by atoms with Crippen molar-refractivity contribution in [1.82, 2.24) is 4.90 Å². The second kappa shape index (κ2) is 7.31. The molecule has 2 nitrogen and oxygen atoms in total. The van der Waals surface area contributed by atoms with Crippen molar-refractivity contribution in [1.29, 1.82) is 0 Å². The first kappa shape index (κ1) is 17.7. The summed E-state index contributed by atoms with van der Waals surface area (Å²) in [4.78, 5) is 2.59. The lowest BCUT2D eigenvalue weighted by atomic mass is 9.80. The first-order valence-corrected chi connectivity index (χ1v) is 9.00. The number of morpholine rings is 1. The molecule has 0 aromatic heterocycles. The highest BCUT2D eigenvalue weighted by atomic mass is 16.5. The third kappa shape index (κ3) is 5.24. The minimum absolute atomic E-state index is 0.285. The highest BCUT2D eigenvalue weighted by molar-refractivity contribution is 5.28. The Labute approximate surface area is 137 Å². The highest BCUT2D eigenvalue weighted by Gasteiger charge is 2.24. The summed E-state index contributed by atoms with van der Waals surface area (Å²) >= 11 is 0. The zero-order valence-corrected chi connectivity index (χ0v) is 15.4. The van der Waals surface area contributed by atoms with Crippen LogP contribution in [-0.2, 0) is 4.74 Å². The Bertz CT molecular complexity index is 408. The molecule has 0 bridgehead atoms. The Hall–Kier alpha value is -0.600. The van der Waals surface area contributed by atoms with Crippen molar-refractivity contribution in [3.05, 3.63) is 23.8 Å². The van der Waals surface area contributed by atoms with Crippen LogP contribution in [0.25, 0.3) is 0 Å². The third-order valence-electron chi connectivity index (χ3n) is 4.82. The zero-order chi connectivity index (χ0) is 16.3. The fourth-order valence-corrected chi connectivity index (χ4v) is 3.86. The van der Waals surface area contributed by atoms with Gasteiger partial charge in [0, 0.05) is 19.6 Å². The van der Waals surface area contributed by atoms with Crippen LogP contribution in [0.15, 0.2) is 23.8 Å². The molecule has 1 fully saturated rings. The van der Waals surface area contributed by atoms with Gasteiger partial charge in [-0.25, -0.2) is 0 Å². The lowest BCUT2D eigenvalue weighted by Gasteiger charge is -2.37. The van der Waals surface area contributed by atoms with Gasteiger partial charge in [0.1, 0.15) is 0 Å². The molecule has 22 heavy (non-hydrogen) atoms. The molecule has 2 heteroatoms. The lowest BCUT2D eigenvalue weighted by Crippen LogP contribution is -2.46. The van der Waals surface area contributed by atoms with Crippen LogP contribution in [0.3, 0.4) is 0 Å².